The second kappa shape index (κ2) is 5.17. The molecule has 0 radical (unpaired) electrons. The Kier molecular flexibility index (Phi) is 3.83. The zero-order valence-electron chi connectivity index (χ0n) is 13.4. The van der Waals surface area contributed by atoms with Crippen LogP contribution >= 0.6 is 0 Å². The van der Waals surface area contributed by atoms with E-state index in [-0.39, 0.29) is 18.3 Å². The third-order valence-corrected chi connectivity index (χ3v) is 3.89. The number of nitrogens with zero attached hydrogens (tertiary/aromatic N) is 1. The van der Waals surface area contributed by atoms with E-state index in [2.05, 4.69) is 0 Å². The van der Waals surface area contributed by atoms with Crippen molar-refractivity contribution in [2.24, 2.45) is 0 Å². The maximum Gasteiger partial charge on any atom is 0.306 e. The minimum atomic E-state index is -0.651. The molecule has 0 saturated carbocycles. The Balaban J connectivity index is 2.16. The van der Waals surface area contributed by atoms with Crippen LogP contribution in [0.4, 0.5) is 5.69 Å². The number of esters is 1. The topological polar surface area (TPSA) is 46.6 Å². The number of likely N-dealkylation sites (N-methyl/N-ethyl adjacent to an activating group) is 1. The van der Waals surface area contributed by atoms with Gasteiger partial charge in [0.2, 0.25) is 5.91 Å². The van der Waals surface area contributed by atoms with Gasteiger partial charge in [0.1, 0.15) is 5.60 Å². The van der Waals surface area contributed by atoms with E-state index in [0.29, 0.717) is 6.42 Å². The Morgan fingerprint density at radius 2 is 1.90 bits per heavy atom. The lowest BCUT2D eigenvalue weighted by Gasteiger charge is -2.24. The van der Waals surface area contributed by atoms with Gasteiger partial charge in [-0.15, -0.1) is 0 Å². The van der Waals surface area contributed by atoms with E-state index in [1.165, 1.54) is 0 Å². The molecule has 1 aliphatic rings. The van der Waals surface area contributed by atoms with Gasteiger partial charge in [-0.2, -0.15) is 0 Å². The molecular formula is C17H23NO3. The van der Waals surface area contributed by atoms with Crippen LogP contribution in [0.25, 0.3) is 0 Å². The van der Waals surface area contributed by atoms with E-state index in [0.717, 1.165) is 11.3 Å². The van der Waals surface area contributed by atoms with Crippen LogP contribution in [-0.4, -0.2) is 24.5 Å². The van der Waals surface area contributed by atoms with Crippen LogP contribution in [0.15, 0.2) is 24.3 Å². The molecule has 0 fully saturated rings. The quantitative estimate of drug-likeness (QED) is 0.803. The molecule has 0 N–H and O–H groups in total. The van der Waals surface area contributed by atoms with Crippen molar-refractivity contribution in [1.82, 2.24) is 0 Å². The number of ether oxygens (including phenoxy) is 1. The number of fused-ring (bicyclic) bond motifs is 1. The molecule has 0 aliphatic carbocycles. The summed E-state index contributed by atoms with van der Waals surface area (Å²) >= 11 is 0. The lowest BCUT2D eigenvalue weighted by atomic mass is 9.79. The van der Waals surface area contributed by atoms with Crippen LogP contribution < -0.4 is 4.90 Å². The molecule has 1 unspecified atom stereocenters. The maximum atomic E-state index is 12.6. The average molecular weight is 289 g/mol. The molecule has 4 heteroatoms. The van der Waals surface area contributed by atoms with Crippen molar-refractivity contribution < 1.29 is 14.3 Å². The lowest BCUT2D eigenvalue weighted by Crippen LogP contribution is -2.37. The number of hydrogen-bond donors (Lipinski definition) is 0. The molecule has 1 heterocycles. The molecule has 0 bridgehead atoms. The van der Waals surface area contributed by atoms with Crippen molar-refractivity contribution in [1.29, 1.82) is 0 Å². The average Bonchev–Trinajstić information content (AvgIpc) is 2.58. The molecule has 0 saturated heterocycles. The van der Waals surface area contributed by atoms with Crippen molar-refractivity contribution in [3.05, 3.63) is 29.8 Å². The fourth-order valence-electron chi connectivity index (χ4n) is 2.81. The first-order chi connectivity index (χ1) is 9.65. The number of hydrogen-bond acceptors (Lipinski definition) is 3. The van der Waals surface area contributed by atoms with Crippen molar-refractivity contribution in [3.8, 4) is 0 Å². The summed E-state index contributed by atoms with van der Waals surface area (Å²) in [7, 11) is 1.78. The van der Waals surface area contributed by atoms with Crippen molar-refractivity contribution >= 4 is 17.6 Å². The second-order valence-electron chi connectivity index (χ2n) is 6.80. The Morgan fingerprint density at radius 3 is 2.52 bits per heavy atom. The van der Waals surface area contributed by atoms with Gasteiger partial charge in [-0.3, -0.25) is 9.59 Å². The van der Waals surface area contributed by atoms with Gasteiger partial charge in [0.05, 0.1) is 5.41 Å². The molecule has 1 aromatic rings. The van der Waals surface area contributed by atoms with Crippen molar-refractivity contribution in [3.63, 3.8) is 0 Å². The minimum absolute atomic E-state index is 0.0345. The third-order valence-electron chi connectivity index (χ3n) is 3.89. The van der Waals surface area contributed by atoms with E-state index in [1.807, 2.05) is 52.0 Å². The van der Waals surface area contributed by atoms with E-state index >= 15 is 0 Å². The molecule has 1 aromatic carbocycles. The molecular weight excluding hydrogens is 266 g/mol. The van der Waals surface area contributed by atoms with Crippen LogP contribution in [0.3, 0.4) is 0 Å². The third kappa shape index (κ3) is 2.94. The number of rotatable bonds is 3. The monoisotopic (exact) mass is 289 g/mol. The summed E-state index contributed by atoms with van der Waals surface area (Å²) in [4.78, 5) is 26.1. The highest BCUT2D eigenvalue weighted by Gasteiger charge is 2.45. The molecule has 2 rings (SSSR count). The summed E-state index contributed by atoms with van der Waals surface area (Å²) < 4.78 is 5.33. The van der Waals surface area contributed by atoms with Gasteiger partial charge in [-0.1, -0.05) is 18.2 Å². The molecule has 1 aliphatic heterocycles. The summed E-state index contributed by atoms with van der Waals surface area (Å²) in [6, 6.07) is 7.75. The van der Waals surface area contributed by atoms with Crippen LogP contribution in [0.1, 0.15) is 46.1 Å². The van der Waals surface area contributed by atoms with E-state index in [4.69, 9.17) is 4.74 Å². The van der Waals surface area contributed by atoms with Gasteiger partial charge in [-0.05, 0) is 45.7 Å². The summed E-state index contributed by atoms with van der Waals surface area (Å²) in [5, 5.41) is 0. The largest absolute Gasteiger partial charge is 0.460 e. The lowest BCUT2D eigenvalue weighted by molar-refractivity contribution is -0.155. The van der Waals surface area contributed by atoms with Crippen molar-refractivity contribution in [2.45, 2.75) is 51.6 Å². The normalized spacial score (nSPS) is 21.4. The van der Waals surface area contributed by atoms with Gasteiger partial charge in [0, 0.05) is 19.2 Å². The number of benzene rings is 1. The summed E-state index contributed by atoms with van der Waals surface area (Å²) in [6.07, 6.45) is 0.698. The number of carbonyl (C=O) groups is 2. The van der Waals surface area contributed by atoms with Crippen LogP contribution in [0.5, 0.6) is 0 Å². The Labute approximate surface area is 126 Å². The number of carbonyl (C=O) groups excluding carboxylic acids is 2. The number of amides is 1. The first kappa shape index (κ1) is 15.5. The molecule has 4 nitrogen and oxygen atoms in total. The molecule has 114 valence electrons. The number of anilines is 1. The highest BCUT2D eigenvalue weighted by molar-refractivity contribution is 6.07. The molecule has 0 aromatic heterocycles. The Bertz CT molecular complexity index is 574. The second-order valence-corrected chi connectivity index (χ2v) is 6.80. The maximum absolute atomic E-state index is 12.6. The van der Waals surface area contributed by atoms with Crippen LogP contribution in [0, 0.1) is 0 Å². The number of para-hydroxylation sites is 1. The Hall–Kier alpha value is -1.84. The van der Waals surface area contributed by atoms with Gasteiger partial charge < -0.3 is 9.64 Å². The smallest absolute Gasteiger partial charge is 0.306 e. The standard InChI is InChI=1S/C17H23NO3/c1-16(2,3)21-14(19)10-11-17(4)12-8-6-7-9-13(12)18(5)15(17)20/h6-9H,10-11H2,1-5H3. The molecule has 1 amide bonds. The summed E-state index contributed by atoms with van der Waals surface area (Å²) in [5.41, 5.74) is 0.768. The molecule has 1 atom stereocenters. The van der Waals surface area contributed by atoms with Crippen molar-refractivity contribution in [2.75, 3.05) is 11.9 Å². The van der Waals surface area contributed by atoms with E-state index in [9.17, 15) is 9.59 Å². The minimum Gasteiger partial charge on any atom is -0.460 e. The fourth-order valence-corrected chi connectivity index (χ4v) is 2.81. The zero-order valence-corrected chi connectivity index (χ0v) is 13.4. The Morgan fingerprint density at radius 1 is 1.29 bits per heavy atom. The highest BCUT2D eigenvalue weighted by Crippen LogP contribution is 2.43. The predicted molar refractivity (Wildman–Crippen MR) is 82.3 cm³/mol. The van der Waals surface area contributed by atoms with Crippen LogP contribution in [0.2, 0.25) is 0 Å². The first-order valence-corrected chi connectivity index (χ1v) is 7.25. The summed E-state index contributed by atoms with van der Waals surface area (Å²) in [6.45, 7) is 7.44. The fraction of sp³-hybridized carbons (Fsp3) is 0.529. The van der Waals surface area contributed by atoms with E-state index < -0.39 is 11.0 Å². The SMILES string of the molecule is CN1C(=O)C(C)(CCC(=O)OC(C)(C)C)c2ccccc21. The first-order valence-electron chi connectivity index (χ1n) is 7.25. The predicted octanol–water partition coefficient (Wildman–Crippen LogP) is 3.04. The van der Waals surface area contributed by atoms with Gasteiger partial charge >= 0.3 is 5.97 Å². The summed E-state index contributed by atoms with van der Waals surface area (Å²) in [5.74, 6) is -0.226. The highest BCUT2D eigenvalue weighted by atomic mass is 16.6. The molecule has 21 heavy (non-hydrogen) atoms. The van der Waals surface area contributed by atoms with Gasteiger partial charge in [0.15, 0.2) is 0 Å². The van der Waals surface area contributed by atoms with Gasteiger partial charge in [-0.25, -0.2) is 0 Å². The van der Waals surface area contributed by atoms with Gasteiger partial charge in [0.25, 0.3) is 0 Å². The zero-order chi connectivity index (χ0) is 15.8. The molecule has 0 spiro atoms. The van der Waals surface area contributed by atoms with Crippen LogP contribution in [-0.2, 0) is 19.7 Å². The van der Waals surface area contributed by atoms with E-state index in [1.54, 1.807) is 11.9 Å².